The molecule has 0 aromatic heterocycles. The highest BCUT2D eigenvalue weighted by Gasteiger charge is 2.42. The van der Waals surface area contributed by atoms with Crippen LogP contribution in [0.2, 0.25) is 0 Å². The molecule has 1 saturated heterocycles. The molecule has 1 N–H and O–H groups in total. The molecule has 2 heteroatoms. The molecule has 16 heavy (non-hydrogen) atoms. The van der Waals surface area contributed by atoms with Crippen LogP contribution < -0.4 is 5.32 Å². The summed E-state index contributed by atoms with van der Waals surface area (Å²) >= 11 is 0. The van der Waals surface area contributed by atoms with Gasteiger partial charge in [-0.15, -0.1) is 0 Å². The van der Waals surface area contributed by atoms with Crippen molar-refractivity contribution in [1.82, 2.24) is 10.2 Å². The first-order valence-corrected chi connectivity index (χ1v) is 7.24. The molecule has 2 aliphatic rings. The van der Waals surface area contributed by atoms with Gasteiger partial charge in [-0.1, -0.05) is 20.3 Å². The molecule has 0 spiro atoms. The summed E-state index contributed by atoms with van der Waals surface area (Å²) in [5.41, 5.74) is 0.734. The smallest absolute Gasteiger partial charge is 0.0192 e. The second-order valence-corrected chi connectivity index (χ2v) is 5.90. The van der Waals surface area contributed by atoms with E-state index in [-0.39, 0.29) is 0 Å². The average Bonchev–Trinajstić information content (AvgIpc) is 3.05. The van der Waals surface area contributed by atoms with Crippen LogP contribution in [0.3, 0.4) is 0 Å². The summed E-state index contributed by atoms with van der Waals surface area (Å²) in [7, 11) is 0. The molecule has 0 radical (unpaired) electrons. The van der Waals surface area contributed by atoms with Crippen LogP contribution in [0.4, 0.5) is 0 Å². The first-order chi connectivity index (χ1) is 7.78. The highest BCUT2D eigenvalue weighted by Crippen LogP contribution is 2.50. The Hall–Kier alpha value is -0.0800. The molecule has 2 rings (SSSR count). The molecule has 1 heterocycles. The van der Waals surface area contributed by atoms with Gasteiger partial charge in [0.05, 0.1) is 0 Å². The number of hydrogen-bond acceptors (Lipinski definition) is 2. The Kier molecular flexibility index (Phi) is 4.26. The zero-order valence-electron chi connectivity index (χ0n) is 11.1. The third-order valence-corrected chi connectivity index (χ3v) is 4.35. The predicted octanol–water partition coefficient (Wildman–Crippen LogP) is 2.64. The summed E-state index contributed by atoms with van der Waals surface area (Å²) in [4.78, 5) is 2.73. The van der Waals surface area contributed by atoms with Gasteiger partial charge in [0, 0.05) is 19.1 Å². The normalized spacial score (nSPS) is 30.0. The van der Waals surface area contributed by atoms with Gasteiger partial charge in [0.1, 0.15) is 0 Å². The largest absolute Gasteiger partial charge is 0.313 e. The van der Waals surface area contributed by atoms with Crippen LogP contribution in [0.1, 0.15) is 52.4 Å². The molecule has 1 aliphatic carbocycles. The fraction of sp³-hybridized carbons (Fsp3) is 1.00. The van der Waals surface area contributed by atoms with Crippen LogP contribution in [-0.2, 0) is 0 Å². The lowest BCUT2D eigenvalue weighted by atomic mass is 9.99. The molecular formula is C14H28N2. The van der Waals surface area contributed by atoms with Crippen LogP contribution in [-0.4, -0.2) is 37.1 Å². The summed E-state index contributed by atoms with van der Waals surface area (Å²) < 4.78 is 0. The lowest BCUT2D eigenvalue weighted by Crippen LogP contribution is -2.39. The van der Waals surface area contributed by atoms with E-state index in [4.69, 9.17) is 0 Å². The van der Waals surface area contributed by atoms with Crippen LogP contribution in [0.15, 0.2) is 0 Å². The van der Waals surface area contributed by atoms with E-state index >= 15 is 0 Å². The minimum atomic E-state index is 0.734. The van der Waals surface area contributed by atoms with Crippen molar-refractivity contribution in [2.24, 2.45) is 5.41 Å². The number of nitrogens with zero attached hydrogens (tertiary/aromatic N) is 1. The molecule has 0 bridgehead atoms. The topological polar surface area (TPSA) is 15.3 Å². The summed E-state index contributed by atoms with van der Waals surface area (Å²) in [6.45, 7) is 9.82. The first kappa shape index (κ1) is 12.4. The third-order valence-electron chi connectivity index (χ3n) is 4.35. The SMILES string of the molecule is CCCC1(CN2CCCNC(CC)C2)CC1. The minimum absolute atomic E-state index is 0.734. The minimum Gasteiger partial charge on any atom is -0.313 e. The second kappa shape index (κ2) is 5.50. The van der Waals surface area contributed by atoms with Crippen LogP contribution in [0, 0.1) is 5.41 Å². The fourth-order valence-corrected chi connectivity index (χ4v) is 3.16. The van der Waals surface area contributed by atoms with Gasteiger partial charge in [-0.2, -0.15) is 0 Å². The summed E-state index contributed by atoms with van der Waals surface area (Å²) in [5.74, 6) is 0. The van der Waals surface area contributed by atoms with Crippen molar-refractivity contribution in [3.8, 4) is 0 Å². The van der Waals surface area contributed by atoms with Gasteiger partial charge in [0.2, 0.25) is 0 Å². The summed E-state index contributed by atoms with van der Waals surface area (Å²) in [6.07, 6.45) is 8.40. The summed E-state index contributed by atoms with van der Waals surface area (Å²) in [5, 5.41) is 3.66. The maximum Gasteiger partial charge on any atom is 0.0192 e. The first-order valence-electron chi connectivity index (χ1n) is 7.24. The van der Waals surface area contributed by atoms with Gasteiger partial charge in [0.15, 0.2) is 0 Å². The molecule has 1 unspecified atom stereocenters. The third kappa shape index (κ3) is 3.21. The molecule has 0 amide bonds. The lowest BCUT2D eigenvalue weighted by molar-refractivity contribution is 0.207. The predicted molar refractivity (Wildman–Crippen MR) is 69.7 cm³/mol. The van der Waals surface area contributed by atoms with Crippen molar-refractivity contribution in [1.29, 1.82) is 0 Å². The Morgan fingerprint density at radius 2 is 2.12 bits per heavy atom. The van der Waals surface area contributed by atoms with Crippen LogP contribution in [0.25, 0.3) is 0 Å². The van der Waals surface area contributed by atoms with Gasteiger partial charge in [-0.3, -0.25) is 0 Å². The quantitative estimate of drug-likeness (QED) is 0.772. The Labute approximate surface area is 101 Å². The lowest BCUT2D eigenvalue weighted by Gasteiger charge is -2.28. The fourth-order valence-electron chi connectivity index (χ4n) is 3.16. The summed E-state index contributed by atoms with van der Waals surface area (Å²) in [6, 6.07) is 0.736. The molecule has 2 nitrogen and oxygen atoms in total. The van der Waals surface area contributed by atoms with Crippen LogP contribution >= 0.6 is 0 Å². The van der Waals surface area contributed by atoms with E-state index in [2.05, 4.69) is 24.1 Å². The standard InChI is InChI=1S/C14H28N2/c1-3-6-14(7-8-14)12-16-10-5-9-15-13(4-2)11-16/h13,15H,3-12H2,1-2H3. The van der Waals surface area contributed by atoms with E-state index in [0.717, 1.165) is 11.5 Å². The molecule has 2 fully saturated rings. The van der Waals surface area contributed by atoms with Gasteiger partial charge in [-0.05, 0) is 50.6 Å². The van der Waals surface area contributed by atoms with Crippen molar-refractivity contribution in [3.05, 3.63) is 0 Å². The van der Waals surface area contributed by atoms with Crippen molar-refractivity contribution in [2.75, 3.05) is 26.2 Å². The van der Waals surface area contributed by atoms with Crippen LogP contribution in [0.5, 0.6) is 0 Å². The molecule has 1 aliphatic heterocycles. The molecular weight excluding hydrogens is 196 g/mol. The Morgan fingerprint density at radius 1 is 1.31 bits per heavy atom. The second-order valence-electron chi connectivity index (χ2n) is 5.90. The van der Waals surface area contributed by atoms with E-state index in [1.807, 2.05) is 0 Å². The highest BCUT2D eigenvalue weighted by molar-refractivity contribution is 4.95. The maximum absolute atomic E-state index is 3.66. The van der Waals surface area contributed by atoms with E-state index in [1.165, 1.54) is 64.7 Å². The number of hydrogen-bond donors (Lipinski definition) is 1. The molecule has 1 saturated carbocycles. The van der Waals surface area contributed by atoms with Crippen molar-refractivity contribution < 1.29 is 0 Å². The van der Waals surface area contributed by atoms with E-state index in [0.29, 0.717) is 0 Å². The van der Waals surface area contributed by atoms with Gasteiger partial charge in [0.25, 0.3) is 0 Å². The van der Waals surface area contributed by atoms with Gasteiger partial charge < -0.3 is 10.2 Å². The van der Waals surface area contributed by atoms with Crippen molar-refractivity contribution in [3.63, 3.8) is 0 Å². The molecule has 1 atom stereocenters. The molecule has 94 valence electrons. The van der Waals surface area contributed by atoms with Crippen molar-refractivity contribution in [2.45, 2.75) is 58.4 Å². The zero-order chi connectivity index (χ0) is 11.4. The number of rotatable bonds is 5. The Morgan fingerprint density at radius 3 is 2.75 bits per heavy atom. The van der Waals surface area contributed by atoms with Crippen molar-refractivity contribution >= 4 is 0 Å². The highest BCUT2D eigenvalue weighted by atomic mass is 15.2. The van der Waals surface area contributed by atoms with E-state index < -0.39 is 0 Å². The van der Waals surface area contributed by atoms with Gasteiger partial charge >= 0.3 is 0 Å². The molecule has 0 aromatic rings. The Bertz CT molecular complexity index is 211. The van der Waals surface area contributed by atoms with Gasteiger partial charge in [-0.25, -0.2) is 0 Å². The maximum atomic E-state index is 3.66. The van der Waals surface area contributed by atoms with E-state index in [1.54, 1.807) is 0 Å². The zero-order valence-corrected chi connectivity index (χ0v) is 11.1. The van der Waals surface area contributed by atoms with E-state index in [9.17, 15) is 0 Å². The average molecular weight is 224 g/mol. The molecule has 0 aromatic carbocycles. The number of nitrogens with one attached hydrogen (secondary N) is 1. The Balaban J connectivity index is 1.83. The monoisotopic (exact) mass is 224 g/mol.